The Kier molecular flexibility index (Phi) is 5.73. The van der Waals surface area contributed by atoms with Crippen LogP contribution in [0.15, 0.2) is 48.5 Å². The number of rotatable bonds is 5. The Bertz CT molecular complexity index is 743. The summed E-state index contributed by atoms with van der Waals surface area (Å²) in [5.41, 5.74) is 1.95. The Balaban J connectivity index is 1.48. The van der Waals surface area contributed by atoms with Crippen molar-refractivity contribution in [3.05, 3.63) is 59.9 Å². The summed E-state index contributed by atoms with van der Waals surface area (Å²) < 4.78 is 13.3. The summed E-state index contributed by atoms with van der Waals surface area (Å²) in [7, 11) is 1.95. The van der Waals surface area contributed by atoms with Gasteiger partial charge < -0.3 is 19.8 Å². The summed E-state index contributed by atoms with van der Waals surface area (Å²) in [4.78, 5) is 17.7. The van der Waals surface area contributed by atoms with Crippen LogP contribution in [0.25, 0.3) is 0 Å². The van der Waals surface area contributed by atoms with Crippen LogP contribution in [0.5, 0.6) is 5.75 Å². The van der Waals surface area contributed by atoms with Crippen molar-refractivity contribution in [3.63, 3.8) is 0 Å². The van der Waals surface area contributed by atoms with Crippen molar-refractivity contribution in [1.82, 2.24) is 4.90 Å². The number of carbonyl (C=O) groups excluding carboxylic acids is 1. The van der Waals surface area contributed by atoms with Gasteiger partial charge in [0.05, 0.1) is 7.05 Å². The van der Waals surface area contributed by atoms with E-state index in [1.54, 1.807) is 18.2 Å². The Morgan fingerprint density at radius 1 is 1.12 bits per heavy atom. The predicted octanol–water partition coefficient (Wildman–Crippen LogP) is 0.895. The van der Waals surface area contributed by atoms with Crippen LogP contribution < -0.4 is 9.80 Å². The Hall–Kier alpha value is -2.60. The van der Waals surface area contributed by atoms with Gasteiger partial charge in [0, 0.05) is 37.4 Å². The normalized spacial score (nSPS) is 15.8. The molecule has 0 aliphatic carbocycles. The van der Waals surface area contributed by atoms with Crippen molar-refractivity contribution >= 4 is 11.6 Å². The van der Waals surface area contributed by atoms with E-state index in [1.165, 1.54) is 12.1 Å². The maximum absolute atomic E-state index is 13.3. The summed E-state index contributed by atoms with van der Waals surface area (Å²) in [6, 6.07) is 13.7. The quantitative estimate of drug-likeness (QED) is 0.835. The maximum atomic E-state index is 13.3. The first-order valence-corrected chi connectivity index (χ1v) is 8.89. The summed E-state index contributed by atoms with van der Waals surface area (Å²) in [6.45, 7) is 3.95. The number of likely N-dealkylation sites (N-methyl/N-ethyl adjacent to an activating group) is 1. The molecule has 2 aromatic rings. The number of hydrogen-bond donors (Lipinski definition) is 2. The van der Waals surface area contributed by atoms with Gasteiger partial charge in [-0.3, -0.25) is 4.79 Å². The lowest BCUT2D eigenvalue weighted by molar-refractivity contribution is -0.885. The first kappa shape index (κ1) is 18.2. The fourth-order valence-electron chi connectivity index (χ4n) is 3.31. The lowest BCUT2D eigenvalue weighted by Crippen LogP contribution is -3.09. The highest BCUT2D eigenvalue weighted by molar-refractivity contribution is 5.77. The molecule has 1 saturated heterocycles. The van der Waals surface area contributed by atoms with Gasteiger partial charge in [-0.2, -0.15) is 0 Å². The zero-order chi connectivity index (χ0) is 18.5. The van der Waals surface area contributed by atoms with Crippen LogP contribution in [0.2, 0.25) is 0 Å². The van der Waals surface area contributed by atoms with Gasteiger partial charge in [0.15, 0.2) is 6.54 Å². The number of amides is 1. The second kappa shape index (κ2) is 8.19. The van der Waals surface area contributed by atoms with E-state index in [2.05, 4.69) is 4.90 Å². The zero-order valence-electron chi connectivity index (χ0n) is 15.0. The first-order valence-electron chi connectivity index (χ1n) is 8.89. The smallest absolute Gasteiger partial charge is 0.277 e. The second-order valence-electron chi connectivity index (χ2n) is 6.82. The minimum atomic E-state index is -0.244. The molecule has 0 radical (unpaired) electrons. The van der Waals surface area contributed by atoms with E-state index < -0.39 is 0 Å². The van der Waals surface area contributed by atoms with E-state index in [1.807, 2.05) is 30.1 Å². The summed E-state index contributed by atoms with van der Waals surface area (Å²) in [6.07, 6.45) is 0. The highest BCUT2D eigenvalue weighted by Crippen LogP contribution is 2.19. The van der Waals surface area contributed by atoms with Crippen molar-refractivity contribution in [2.24, 2.45) is 0 Å². The van der Waals surface area contributed by atoms with Gasteiger partial charge in [-0.25, -0.2) is 4.39 Å². The van der Waals surface area contributed by atoms with Crippen LogP contribution in [0.3, 0.4) is 0 Å². The number of nitrogens with zero attached hydrogens (tertiary/aromatic N) is 2. The molecule has 0 bridgehead atoms. The third kappa shape index (κ3) is 4.73. The van der Waals surface area contributed by atoms with E-state index in [0.29, 0.717) is 26.2 Å². The molecule has 1 fully saturated rings. The molecule has 1 amide bonds. The number of benzene rings is 2. The zero-order valence-corrected chi connectivity index (χ0v) is 15.0. The van der Waals surface area contributed by atoms with Crippen molar-refractivity contribution in [3.8, 4) is 5.75 Å². The van der Waals surface area contributed by atoms with Crippen molar-refractivity contribution in [2.45, 2.75) is 6.54 Å². The van der Waals surface area contributed by atoms with Crippen LogP contribution in [0, 0.1) is 5.82 Å². The van der Waals surface area contributed by atoms with Crippen molar-refractivity contribution in [2.75, 3.05) is 44.7 Å². The van der Waals surface area contributed by atoms with Crippen LogP contribution in [-0.2, 0) is 11.3 Å². The number of hydrogen-bond acceptors (Lipinski definition) is 3. The van der Waals surface area contributed by atoms with E-state index in [-0.39, 0.29) is 17.5 Å². The second-order valence-corrected chi connectivity index (χ2v) is 6.82. The number of quaternary nitrogens is 1. The number of phenolic OH excluding ortho intramolecular Hbond substituents is 1. The van der Waals surface area contributed by atoms with Crippen molar-refractivity contribution < 1.29 is 19.2 Å². The SMILES string of the molecule is C[NH+](CC(=O)N1CCN(c2ccc(O)cc2)CC1)Cc1cccc(F)c1. The summed E-state index contributed by atoms with van der Waals surface area (Å²) in [5.74, 6) is 0.142. The molecule has 0 aromatic heterocycles. The number of nitrogens with one attached hydrogen (secondary N) is 1. The Morgan fingerprint density at radius 3 is 2.46 bits per heavy atom. The number of piperazine rings is 1. The van der Waals surface area contributed by atoms with Gasteiger partial charge in [-0.1, -0.05) is 12.1 Å². The largest absolute Gasteiger partial charge is 0.508 e. The molecule has 1 unspecified atom stereocenters. The molecule has 1 aliphatic heterocycles. The monoisotopic (exact) mass is 358 g/mol. The average molecular weight is 358 g/mol. The summed E-state index contributed by atoms with van der Waals surface area (Å²) in [5, 5.41) is 9.38. The molecule has 138 valence electrons. The fourth-order valence-corrected chi connectivity index (χ4v) is 3.31. The van der Waals surface area contributed by atoms with E-state index in [9.17, 15) is 14.3 Å². The van der Waals surface area contributed by atoms with Crippen LogP contribution in [-0.4, -0.2) is 55.7 Å². The molecule has 2 aromatic carbocycles. The number of carbonyl (C=O) groups is 1. The van der Waals surface area contributed by atoms with E-state index in [0.717, 1.165) is 29.2 Å². The Morgan fingerprint density at radius 2 is 1.81 bits per heavy atom. The summed E-state index contributed by atoms with van der Waals surface area (Å²) >= 11 is 0. The van der Waals surface area contributed by atoms with Crippen LogP contribution in [0.1, 0.15) is 5.56 Å². The lowest BCUT2D eigenvalue weighted by atomic mass is 10.2. The standard InChI is InChI=1S/C20H24FN3O2/c1-22(14-16-3-2-4-17(21)13-16)15-20(26)24-11-9-23(10-12-24)18-5-7-19(25)8-6-18/h2-8,13,25H,9-12,14-15H2,1H3/p+1. The molecule has 0 saturated carbocycles. The molecule has 2 N–H and O–H groups in total. The maximum Gasteiger partial charge on any atom is 0.277 e. The molecule has 0 spiro atoms. The van der Waals surface area contributed by atoms with Crippen LogP contribution in [0.4, 0.5) is 10.1 Å². The lowest BCUT2D eigenvalue weighted by Gasteiger charge is -2.36. The third-order valence-electron chi connectivity index (χ3n) is 4.70. The third-order valence-corrected chi connectivity index (χ3v) is 4.70. The predicted molar refractivity (Wildman–Crippen MR) is 98.8 cm³/mol. The molecule has 6 heteroatoms. The minimum absolute atomic E-state index is 0.129. The number of aromatic hydroxyl groups is 1. The highest BCUT2D eigenvalue weighted by Gasteiger charge is 2.23. The van der Waals surface area contributed by atoms with E-state index >= 15 is 0 Å². The molecule has 26 heavy (non-hydrogen) atoms. The average Bonchev–Trinajstić information content (AvgIpc) is 2.62. The van der Waals surface area contributed by atoms with Gasteiger partial charge in [-0.15, -0.1) is 0 Å². The topological polar surface area (TPSA) is 48.2 Å². The Labute approximate surface area is 153 Å². The van der Waals surface area contributed by atoms with Crippen molar-refractivity contribution in [1.29, 1.82) is 0 Å². The first-order chi connectivity index (χ1) is 12.5. The minimum Gasteiger partial charge on any atom is -0.508 e. The molecule has 5 nitrogen and oxygen atoms in total. The number of anilines is 1. The van der Waals surface area contributed by atoms with Gasteiger partial charge >= 0.3 is 0 Å². The van der Waals surface area contributed by atoms with Gasteiger partial charge in [0.1, 0.15) is 18.1 Å². The van der Waals surface area contributed by atoms with Gasteiger partial charge in [0.2, 0.25) is 0 Å². The molecule has 1 atom stereocenters. The molecule has 1 aliphatic rings. The number of phenols is 1. The number of halogens is 1. The molecular formula is C20H25FN3O2+. The highest BCUT2D eigenvalue weighted by atomic mass is 19.1. The van der Waals surface area contributed by atoms with Crippen LogP contribution >= 0.6 is 0 Å². The molecular weight excluding hydrogens is 333 g/mol. The molecule has 3 rings (SSSR count). The fraction of sp³-hybridized carbons (Fsp3) is 0.350. The molecule has 1 heterocycles. The van der Waals surface area contributed by atoms with Gasteiger partial charge in [-0.05, 0) is 36.4 Å². The van der Waals surface area contributed by atoms with E-state index in [4.69, 9.17) is 0 Å². The van der Waals surface area contributed by atoms with Gasteiger partial charge in [0.25, 0.3) is 5.91 Å².